The molecule has 0 amide bonds. The van der Waals surface area contributed by atoms with Gasteiger partial charge >= 0.3 is 11.9 Å². The summed E-state index contributed by atoms with van der Waals surface area (Å²) in [6.07, 6.45) is 46.2. The van der Waals surface area contributed by atoms with E-state index in [1.54, 1.807) is 21.1 Å². The molecule has 0 aliphatic carbocycles. The first-order valence-corrected chi connectivity index (χ1v) is 20.6. The van der Waals surface area contributed by atoms with Gasteiger partial charge in [0.15, 0.2) is 6.10 Å². The fourth-order valence-electron chi connectivity index (χ4n) is 5.31. The molecule has 0 aromatic carbocycles. The van der Waals surface area contributed by atoms with Crippen molar-refractivity contribution in [3.05, 3.63) is 85.1 Å². The Morgan fingerprint density at radius 3 is 1.61 bits per heavy atom. The monoisotopic (exact) mass is 754 g/mol. The highest BCUT2D eigenvalue weighted by Crippen LogP contribution is 2.11. The number of unbranched alkanes of at least 4 members (excludes halogenated alkanes) is 7. The zero-order valence-corrected chi connectivity index (χ0v) is 34.6. The van der Waals surface area contributed by atoms with Crippen molar-refractivity contribution >= 4 is 17.9 Å². The molecule has 8 heteroatoms. The summed E-state index contributed by atoms with van der Waals surface area (Å²) < 4.78 is 17.0. The lowest BCUT2D eigenvalue weighted by molar-refractivity contribution is -0.889. The van der Waals surface area contributed by atoms with Gasteiger partial charge < -0.3 is 28.6 Å². The Kier molecular flexibility index (Phi) is 34.1. The van der Waals surface area contributed by atoms with Gasteiger partial charge in [-0.2, -0.15) is 0 Å². The third kappa shape index (κ3) is 34.3. The molecule has 0 saturated heterocycles. The number of quaternary nitrogens is 1. The number of ether oxygens (including phenoxy) is 3. The van der Waals surface area contributed by atoms with Gasteiger partial charge in [0.2, 0.25) is 0 Å². The van der Waals surface area contributed by atoms with Crippen LogP contribution in [-0.4, -0.2) is 75.5 Å². The number of hydrogen-bond donors (Lipinski definition) is 0. The van der Waals surface area contributed by atoms with Gasteiger partial charge in [-0.05, 0) is 70.6 Å². The van der Waals surface area contributed by atoms with E-state index in [0.29, 0.717) is 12.8 Å². The normalized spacial score (nSPS) is 13.9. The fourth-order valence-corrected chi connectivity index (χ4v) is 5.31. The van der Waals surface area contributed by atoms with E-state index >= 15 is 0 Å². The maximum Gasteiger partial charge on any atom is 0.306 e. The van der Waals surface area contributed by atoms with Gasteiger partial charge in [0.05, 0.1) is 40.3 Å². The van der Waals surface area contributed by atoms with Gasteiger partial charge in [0, 0.05) is 19.3 Å². The fraction of sp³-hybridized carbons (Fsp3) is 0.630. The molecule has 0 rings (SSSR count). The summed E-state index contributed by atoms with van der Waals surface area (Å²) in [7, 11) is 5.36. The molecule has 0 aliphatic rings. The van der Waals surface area contributed by atoms with Crippen LogP contribution in [-0.2, 0) is 28.6 Å². The van der Waals surface area contributed by atoms with Crippen molar-refractivity contribution in [3.63, 3.8) is 0 Å². The predicted molar refractivity (Wildman–Crippen MR) is 222 cm³/mol. The molecule has 0 bridgehead atoms. The second-order valence-corrected chi connectivity index (χ2v) is 14.5. The first kappa shape index (κ1) is 50.5. The highest BCUT2D eigenvalue weighted by molar-refractivity contribution is 5.70. The molecule has 0 saturated carbocycles. The molecule has 0 aromatic rings. The Balaban J connectivity index is 4.54. The Labute approximate surface area is 329 Å². The van der Waals surface area contributed by atoms with E-state index in [9.17, 15) is 19.5 Å². The average molecular weight is 754 g/mol. The number of carbonyl (C=O) groups excluding carboxylic acids is 3. The SMILES string of the molecule is CC/C=C/C/C=C/C/C=C/C/C=C/C/C=C/C/C=C/CCC(=O)OC(COCCC(C(=O)[O-])[N+](C)(C)C)COC(=O)CCCCCCC/C=C/CCCC. The van der Waals surface area contributed by atoms with Crippen LogP contribution in [0.25, 0.3) is 0 Å². The number of likely N-dealkylation sites (N-methyl/N-ethyl adjacent to an activating group) is 1. The molecule has 2 unspecified atom stereocenters. The van der Waals surface area contributed by atoms with Gasteiger partial charge in [-0.25, -0.2) is 0 Å². The highest BCUT2D eigenvalue weighted by Gasteiger charge is 2.25. The Bertz CT molecular complexity index is 1160. The van der Waals surface area contributed by atoms with Crippen LogP contribution in [0, 0.1) is 0 Å². The molecule has 306 valence electrons. The number of carboxylic acids is 1. The maximum absolute atomic E-state index is 12.6. The van der Waals surface area contributed by atoms with Gasteiger partial charge in [0.25, 0.3) is 0 Å². The van der Waals surface area contributed by atoms with Crippen LogP contribution in [0.3, 0.4) is 0 Å². The maximum atomic E-state index is 12.6. The van der Waals surface area contributed by atoms with E-state index < -0.39 is 24.1 Å². The number of nitrogens with zero attached hydrogens (tertiary/aromatic N) is 1. The van der Waals surface area contributed by atoms with Crippen molar-refractivity contribution in [3.8, 4) is 0 Å². The van der Waals surface area contributed by atoms with E-state index in [1.807, 2.05) is 12.2 Å². The highest BCUT2D eigenvalue weighted by atomic mass is 16.6. The molecule has 0 radical (unpaired) electrons. The molecule has 0 aliphatic heterocycles. The minimum atomic E-state index is -1.14. The molecule has 54 heavy (non-hydrogen) atoms. The first-order valence-electron chi connectivity index (χ1n) is 20.6. The Morgan fingerprint density at radius 2 is 1.07 bits per heavy atom. The van der Waals surface area contributed by atoms with Gasteiger partial charge in [0.1, 0.15) is 12.6 Å². The summed E-state index contributed by atoms with van der Waals surface area (Å²) in [5.74, 6) is -1.87. The van der Waals surface area contributed by atoms with Crippen molar-refractivity contribution < 1.29 is 38.2 Å². The smallest absolute Gasteiger partial charge is 0.306 e. The van der Waals surface area contributed by atoms with Gasteiger partial charge in [-0.3, -0.25) is 9.59 Å². The topological polar surface area (TPSA) is 102 Å². The lowest BCUT2D eigenvalue weighted by atomic mass is 10.1. The summed E-state index contributed by atoms with van der Waals surface area (Å²) in [6.45, 7) is 4.39. The van der Waals surface area contributed by atoms with Crippen LogP contribution < -0.4 is 5.11 Å². The Morgan fingerprint density at radius 1 is 0.574 bits per heavy atom. The van der Waals surface area contributed by atoms with Crippen LogP contribution >= 0.6 is 0 Å². The van der Waals surface area contributed by atoms with Crippen LogP contribution in [0.15, 0.2) is 85.1 Å². The number of hydrogen-bond acceptors (Lipinski definition) is 7. The second kappa shape index (κ2) is 36.5. The zero-order chi connectivity index (χ0) is 40.0. The van der Waals surface area contributed by atoms with E-state index in [4.69, 9.17) is 14.2 Å². The number of esters is 2. The standard InChI is InChI=1S/C46H75NO7/c1-6-8-10-12-14-16-18-19-20-21-22-23-24-25-27-29-31-33-35-37-45(49)54-42(40-52-39-38-43(46(50)51)47(3,4)5)41-53-44(48)36-34-32-30-28-26-17-15-13-11-9-7-2/h8,10,13-16,19-20,22-23,25,27,31,33,42-43H,6-7,9,11-12,17-18,21,24,26,28-30,32,34-41H2,1-5H3/b10-8+,15-13+,16-14+,20-19+,23-22+,27-25+,33-31+. The lowest BCUT2D eigenvalue weighted by Crippen LogP contribution is -2.55. The number of carboxylic acid groups (broad SMARTS) is 1. The molecule has 0 N–H and O–H groups in total. The minimum absolute atomic E-state index is 0.00271. The summed E-state index contributed by atoms with van der Waals surface area (Å²) >= 11 is 0. The molecule has 8 nitrogen and oxygen atoms in total. The summed E-state index contributed by atoms with van der Waals surface area (Å²) in [4.78, 5) is 36.7. The van der Waals surface area contributed by atoms with Crippen LogP contribution in [0.2, 0.25) is 0 Å². The molecule has 0 aromatic heterocycles. The molecule has 0 heterocycles. The summed E-state index contributed by atoms with van der Waals surface area (Å²) in [6, 6.07) is -0.743. The van der Waals surface area contributed by atoms with Gasteiger partial charge in [-0.1, -0.05) is 131 Å². The largest absolute Gasteiger partial charge is 0.544 e. The van der Waals surface area contributed by atoms with Crippen molar-refractivity contribution in [2.75, 3.05) is 41.0 Å². The van der Waals surface area contributed by atoms with E-state index in [0.717, 1.165) is 77.0 Å². The van der Waals surface area contributed by atoms with Crippen molar-refractivity contribution in [2.45, 2.75) is 148 Å². The van der Waals surface area contributed by atoms with Crippen molar-refractivity contribution in [1.29, 1.82) is 0 Å². The molecule has 2 atom stereocenters. The zero-order valence-electron chi connectivity index (χ0n) is 34.6. The first-order chi connectivity index (χ1) is 26.1. The second-order valence-electron chi connectivity index (χ2n) is 14.5. The molecular formula is C46H75NO7. The molecule has 0 fully saturated rings. The lowest BCUT2D eigenvalue weighted by Gasteiger charge is -2.34. The van der Waals surface area contributed by atoms with Crippen LogP contribution in [0.5, 0.6) is 0 Å². The quantitative estimate of drug-likeness (QED) is 0.0275. The summed E-state index contributed by atoms with van der Waals surface area (Å²) in [5.41, 5.74) is 0. The number of carbonyl (C=O) groups is 3. The number of allylic oxidation sites excluding steroid dienone is 14. The van der Waals surface area contributed by atoms with Crippen molar-refractivity contribution in [1.82, 2.24) is 0 Å². The summed E-state index contributed by atoms with van der Waals surface area (Å²) in [5, 5.41) is 11.6. The molecule has 0 spiro atoms. The van der Waals surface area contributed by atoms with Crippen molar-refractivity contribution in [2.24, 2.45) is 0 Å². The van der Waals surface area contributed by atoms with E-state index in [2.05, 4.69) is 86.8 Å². The number of rotatable bonds is 35. The minimum Gasteiger partial charge on any atom is -0.544 e. The number of aliphatic carboxylic acids is 1. The average Bonchev–Trinajstić information content (AvgIpc) is 3.12. The third-order valence-corrected chi connectivity index (χ3v) is 8.53. The Hall–Kier alpha value is -3.49. The predicted octanol–water partition coefficient (Wildman–Crippen LogP) is 9.63. The third-order valence-electron chi connectivity index (χ3n) is 8.53. The van der Waals surface area contributed by atoms with Gasteiger partial charge in [-0.15, -0.1) is 0 Å². The van der Waals surface area contributed by atoms with E-state index in [-0.39, 0.29) is 43.1 Å². The van der Waals surface area contributed by atoms with Crippen LogP contribution in [0.4, 0.5) is 0 Å². The van der Waals surface area contributed by atoms with Crippen LogP contribution in [0.1, 0.15) is 136 Å². The van der Waals surface area contributed by atoms with E-state index in [1.165, 1.54) is 19.3 Å². The molecular weight excluding hydrogens is 679 g/mol.